The number of hydrogen-bond acceptors (Lipinski definition) is 1. The minimum Gasteiger partial charge on any atom is -0.153 e. The van der Waals surface area contributed by atoms with Crippen LogP contribution in [-0.4, -0.2) is 11.5 Å². The molecule has 0 saturated heterocycles. The van der Waals surface area contributed by atoms with E-state index in [0.717, 1.165) is 11.5 Å². The summed E-state index contributed by atoms with van der Waals surface area (Å²) in [6.45, 7) is 9.42. The van der Waals surface area contributed by atoms with Gasteiger partial charge in [0.15, 0.2) is 0 Å². The zero-order valence-electron chi connectivity index (χ0n) is 5.31. The van der Waals surface area contributed by atoms with Gasteiger partial charge in [0.1, 0.15) is 0 Å². The maximum atomic E-state index is 3.77. The van der Waals surface area contributed by atoms with Crippen LogP contribution in [0.4, 0.5) is 0 Å². The van der Waals surface area contributed by atoms with Gasteiger partial charge >= 0.3 is 0 Å². The summed E-state index contributed by atoms with van der Waals surface area (Å²) in [7, 11) is 0. The summed E-state index contributed by atoms with van der Waals surface area (Å²) < 4.78 is 0. The predicted octanol–water partition coefficient (Wildman–Crippen LogP) is 2.48. The van der Waals surface area contributed by atoms with E-state index in [1.54, 1.807) is 0 Å². The lowest BCUT2D eigenvalue weighted by Crippen LogP contribution is -1.78. The summed E-state index contributed by atoms with van der Waals surface area (Å²) in [5.74, 6) is 2.10. The van der Waals surface area contributed by atoms with Gasteiger partial charge in [0, 0.05) is 11.5 Å². The fourth-order valence-electron chi connectivity index (χ4n) is 0.316. The number of rotatable bonds is 4. The molecule has 0 aromatic rings. The molecular weight excluding hydrogens is 116 g/mol. The fraction of sp³-hybridized carbons (Fsp3) is 0.429. The summed E-state index contributed by atoms with van der Waals surface area (Å²) in [5, 5.41) is 0. The topological polar surface area (TPSA) is 0 Å². The van der Waals surface area contributed by atoms with Gasteiger partial charge in [-0.25, -0.2) is 0 Å². The Bertz CT molecular complexity index is 84.4. The van der Waals surface area contributed by atoms with Crippen LogP contribution in [0.1, 0.15) is 6.92 Å². The zero-order chi connectivity index (χ0) is 6.41. The third-order valence-corrected chi connectivity index (χ3v) is 1.75. The molecule has 0 nitrogen and oxygen atoms in total. The van der Waals surface area contributed by atoms with Crippen molar-refractivity contribution in [1.82, 2.24) is 0 Å². The van der Waals surface area contributed by atoms with Gasteiger partial charge in [0.2, 0.25) is 0 Å². The summed E-state index contributed by atoms with van der Waals surface area (Å²) in [4.78, 5) is 0. The Morgan fingerprint density at radius 2 is 2.38 bits per heavy atom. The molecule has 0 aromatic heterocycles. The van der Waals surface area contributed by atoms with Gasteiger partial charge in [-0.05, 0) is 6.92 Å². The molecule has 0 saturated carbocycles. The molecule has 0 radical (unpaired) electrons. The van der Waals surface area contributed by atoms with Crippen molar-refractivity contribution in [2.45, 2.75) is 6.92 Å². The first-order chi connectivity index (χ1) is 3.77. The van der Waals surface area contributed by atoms with Crippen molar-refractivity contribution in [2.75, 3.05) is 11.5 Å². The average molecular weight is 128 g/mol. The van der Waals surface area contributed by atoms with Gasteiger partial charge in [-0.15, -0.1) is 6.58 Å². The molecule has 0 atom stereocenters. The maximum absolute atomic E-state index is 3.77. The molecule has 8 heavy (non-hydrogen) atoms. The Morgan fingerprint density at radius 3 is 2.75 bits per heavy atom. The van der Waals surface area contributed by atoms with Crippen molar-refractivity contribution < 1.29 is 0 Å². The minimum atomic E-state index is 1.03. The van der Waals surface area contributed by atoms with Crippen LogP contribution >= 0.6 is 11.8 Å². The molecule has 0 aliphatic carbocycles. The van der Waals surface area contributed by atoms with E-state index in [0.29, 0.717) is 0 Å². The molecular formula is C7H12S. The Balaban J connectivity index is 2.93. The Labute approximate surface area is 55.7 Å². The third-order valence-electron chi connectivity index (χ3n) is 0.584. The van der Waals surface area contributed by atoms with Crippen LogP contribution in [0.15, 0.2) is 24.8 Å². The van der Waals surface area contributed by atoms with Gasteiger partial charge in [-0.2, -0.15) is 11.8 Å². The smallest absolute Gasteiger partial charge is 0.0140 e. The van der Waals surface area contributed by atoms with E-state index in [1.165, 1.54) is 5.57 Å². The van der Waals surface area contributed by atoms with E-state index >= 15 is 0 Å². The lowest BCUT2D eigenvalue weighted by molar-refractivity contribution is 1.44. The largest absolute Gasteiger partial charge is 0.153 e. The molecule has 0 aliphatic rings. The predicted molar refractivity (Wildman–Crippen MR) is 42.3 cm³/mol. The molecule has 0 amide bonds. The summed E-state index contributed by atoms with van der Waals surface area (Å²) >= 11 is 1.84. The minimum absolute atomic E-state index is 1.03. The van der Waals surface area contributed by atoms with Crippen LogP contribution in [0.5, 0.6) is 0 Å². The summed E-state index contributed by atoms with van der Waals surface area (Å²) in [6.07, 6.45) is 1.91. The molecule has 0 rings (SSSR count). The van der Waals surface area contributed by atoms with Gasteiger partial charge in [0.25, 0.3) is 0 Å². The lowest BCUT2D eigenvalue weighted by atomic mass is 10.4. The number of thioether (sulfide) groups is 1. The fourth-order valence-corrected chi connectivity index (χ4v) is 0.949. The Hall–Kier alpha value is -0.170. The van der Waals surface area contributed by atoms with Crippen LogP contribution in [0.25, 0.3) is 0 Å². The summed E-state index contributed by atoms with van der Waals surface area (Å²) in [6, 6.07) is 0. The Morgan fingerprint density at radius 1 is 1.75 bits per heavy atom. The molecule has 0 spiro atoms. The van der Waals surface area contributed by atoms with E-state index < -0.39 is 0 Å². The third kappa shape index (κ3) is 5.83. The average Bonchev–Trinajstić information content (AvgIpc) is 1.66. The summed E-state index contributed by atoms with van der Waals surface area (Å²) in [5.41, 5.74) is 1.23. The highest BCUT2D eigenvalue weighted by Gasteiger charge is 1.82. The second-order valence-electron chi connectivity index (χ2n) is 1.76. The molecule has 1 heteroatoms. The first-order valence-corrected chi connectivity index (χ1v) is 3.76. The van der Waals surface area contributed by atoms with Gasteiger partial charge in [-0.3, -0.25) is 0 Å². The molecule has 0 N–H and O–H groups in total. The highest BCUT2D eigenvalue weighted by molar-refractivity contribution is 7.99. The second-order valence-corrected chi connectivity index (χ2v) is 2.79. The van der Waals surface area contributed by atoms with Crippen LogP contribution in [0.2, 0.25) is 0 Å². The van der Waals surface area contributed by atoms with Gasteiger partial charge in [0.05, 0.1) is 0 Å². The van der Waals surface area contributed by atoms with Crippen molar-refractivity contribution in [3.63, 3.8) is 0 Å². The van der Waals surface area contributed by atoms with Crippen LogP contribution in [0.3, 0.4) is 0 Å². The van der Waals surface area contributed by atoms with Crippen molar-refractivity contribution in [2.24, 2.45) is 0 Å². The SMILES string of the molecule is C=CCSCC(=C)C. The van der Waals surface area contributed by atoms with Crippen molar-refractivity contribution in [3.05, 3.63) is 24.8 Å². The van der Waals surface area contributed by atoms with E-state index in [-0.39, 0.29) is 0 Å². The first kappa shape index (κ1) is 7.83. The molecule has 46 valence electrons. The second kappa shape index (κ2) is 4.98. The van der Waals surface area contributed by atoms with E-state index in [9.17, 15) is 0 Å². The monoisotopic (exact) mass is 128 g/mol. The standard InChI is InChI=1S/C7H12S/c1-4-5-8-6-7(2)3/h4H,1-2,5-6H2,3H3. The van der Waals surface area contributed by atoms with Crippen molar-refractivity contribution in [3.8, 4) is 0 Å². The molecule has 0 fully saturated rings. The number of hydrogen-bond donors (Lipinski definition) is 0. The van der Waals surface area contributed by atoms with E-state index in [4.69, 9.17) is 0 Å². The maximum Gasteiger partial charge on any atom is 0.0140 e. The molecule has 0 bridgehead atoms. The zero-order valence-corrected chi connectivity index (χ0v) is 6.13. The first-order valence-electron chi connectivity index (χ1n) is 2.60. The normalized spacial score (nSPS) is 8.62. The van der Waals surface area contributed by atoms with Crippen LogP contribution in [-0.2, 0) is 0 Å². The highest BCUT2D eigenvalue weighted by atomic mass is 32.2. The van der Waals surface area contributed by atoms with Crippen LogP contribution < -0.4 is 0 Å². The lowest BCUT2D eigenvalue weighted by Gasteiger charge is -1.93. The quantitative estimate of drug-likeness (QED) is 0.414. The molecule has 0 aliphatic heterocycles. The Kier molecular flexibility index (Phi) is 4.87. The molecule has 0 heterocycles. The van der Waals surface area contributed by atoms with Gasteiger partial charge < -0.3 is 0 Å². The van der Waals surface area contributed by atoms with Crippen LogP contribution in [0, 0.1) is 0 Å². The van der Waals surface area contributed by atoms with Gasteiger partial charge in [-0.1, -0.05) is 18.2 Å². The molecule has 0 aromatic carbocycles. The van der Waals surface area contributed by atoms with E-state index in [1.807, 2.05) is 24.8 Å². The molecule has 0 unspecified atom stereocenters. The van der Waals surface area contributed by atoms with Crippen molar-refractivity contribution >= 4 is 11.8 Å². The van der Waals surface area contributed by atoms with Crippen molar-refractivity contribution in [1.29, 1.82) is 0 Å². The van der Waals surface area contributed by atoms with E-state index in [2.05, 4.69) is 13.2 Å². The highest BCUT2D eigenvalue weighted by Crippen LogP contribution is 2.04.